The summed E-state index contributed by atoms with van der Waals surface area (Å²) in [5, 5.41) is 0. The van der Waals surface area contributed by atoms with Gasteiger partial charge >= 0.3 is 12.1 Å². The average molecular weight is 331 g/mol. The summed E-state index contributed by atoms with van der Waals surface area (Å²) >= 11 is 5.25. The SMILES string of the molecule is CCc1ccc(C(=S)N2CCC2C(=O)OC)cc1C(F)(F)F. The number of likely N-dealkylation sites (tertiary alicyclic amines) is 1. The van der Waals surface area contributed by atoms with Crippen LogP contribution < -0.4 is 0 Å². The van der Waals surface area contributed by atoms with E-state index in [-0.39, 0.29) is 17.0 Å². The van der Waals surface area contributed by atoms with Crippen LogP contribution in [0.3, 0.4) is 0 Å². The first-order chi connectivity index (χ1) is 10.3. The summed E-state index contributed by atoms with van der Waals surface area (Å²) in [5.41, 5.74) is -0.148. The maximum absolute atomic E-state index is 13.1. The van der Waals surface area contributed by atoms with Crippen molar-refractivity contribution in [3.05, 3.63) is 34.9 Å². The number of halogens is 3. The highest BCUT2D eigenvalue weighted by molar-refractivity contribution is 7.80. The molecule has 1 aliphatic rings. The molecular formula is C15H16F3NO2S. The second-order valence-electron chi connectivity index (χ2n) is 5.05. The molecule has 0 amide bonds. The molecule has 0 saturated carbocycles. The third-order valence-corrected chi connectivity index (χ3v) is 4.27. The normalized spacial score (nSPS) is 17.9. The molecule has 3 nitrogen and oxygen atoms in total. The molecule has 0 bridgehead atoms. The van der Waals surface area contributed by atoms with E-state index in [0.717, 1.165) is 6.07 Å². The summed E-state index contributed by atoms with van der Waals surface area (Å²) < 4.78 is 44.0. The highest BCUT2D eigenvalue weighted by atomic mass is 32.1. The van der Waals surface area contributed by atoms with Gasteiger partial charge in [-0.2, -0.15) is 13.2 Å². The molecule has 120 valence electrons. The molecule has 1 saturated heterocycles. The van der Waals surface area contributed by atoms with Crippen LogP contribution in [0.15, 0.2) is 18.2 Å². The summed E-state index contributed by atoms with van der Waals surface area (Å²) in [6.45, 7) is 2.21. The van der Waals surface area contributed by atoms with E-state index in [0.29, 0.717) is 18.5 Å². The lowest BCUT2D eigenvalue weighted by molar-refractivity contribution is -0.148. The van der Waals surface area contributed by atoms with Crippen LogP contribution in [0.4, 0.5) is 13.2 Å². The zero-order chi connectivity index (χ0) is 16.5. The Balaban J connectivity index is 2.30. The quantitative estimate of drug-likeness (QED) is 0.628. The molecule has 0 aromatic heterocycles. The summed E-state index contributed by atoms with van der Waals surface area (Å²) in [5.74, 6) is -0.421. The maximum atomic E-state index is 13.1. The number of benzene rings is 1. The van der Waals surface area contributed by atoms with Gasteiger partial charge in [0.15, 0.2) is 0 Å². The zero-order valence-electron chi connectivity index (χ0n) is 12.2. The van der Waals surface area contributed by atoms with Crippen LogP contribution in [0.2, 0.25) is 0 Å². The third-order valence-electron chi connectivity index (χ3n) is 3.80. The smallest absolute Gasteiger partial charge is 0.416 e. The number of aryl methyl sites for hydroxylation is 1. The summed E-state index contributed by atoms with van der Waals surface area (Å²) in [6, 6.07) is 3.58. The van der Waals surface area contributed by atoms with Crippen molar-refractivity contribution in [2.45, 2.75) is 32.0 Å². The van der Waals surface area contributed by atoms with Crippen molar-refractivity contribution < 1.29 is 22.7 Å². The molecule has 0 aliphatic carbocycles. The minimum atomic E-state index is -4.42. The molecule has 1 atom stereocenters. The number of hydrogen-bond donors (Lipinski definition) is 0. The van der Waals surface area contributed by atoms with Gasteiger partial charge < -0.3 is 9.64 Å². The fraction of sp³-hybridized carbons (Fsp3) is 0.467. The van der Waals surface area contributed by atoms with Crippen molar-refractivity contribution in [2.24, 2.45) is 0 Å². The lowest BCUT2D eigenvalue weighted by atomic mass is 9.98. The number of alkyl halides is 3. The summed E-state index contributed by atoms with van der Waals surface area (Å²) in [6.07, 6.45) is -3.55. The van der Waals surface area contributed by atoms with Crippen LogP contribution >= 0.6 is 12.2 Å². The van der Waals surface area contributed by atoms with Crippen molar-refractivity contribution in [3.63, 3.8) is 0 Å². The molecule has 0 radical (unpaired) electrons. The Bertz CT molecular complexity index is 601. The molecule has 0 spiro atoms. The van der Waals surface area contributed by atoms with Crippen LogP contribution in [0.1, 0.15) is 30.0 Å². The number of carbonyl (C=O) groups excluding carboxylic acids is 1. The van der Waals surface area contributed by atoms with E-state index < -0.39 is 23.8 Å². The van der Waals surface area contributed by atoms with Crippen LogP contribution in [0.25, 0.3) is 0 Å². The van der Waals surface area contributed by atoms with Crippen LogP contribution in [-0.4, -0.2) is 35.6 Å². The van der Waals surface area contributed by atoms with E-state index in [9.17, 15) is 18.0 Å². The third kappa shape index (κ3) is 3.09. The minimum absolute atomic E-state index is 0.229. The number of thiocarbonyl (C=S) groups is 1. The molecule has 0 N–H and O–H groups in total. The van der Waals surface area contributed by atoms with Crippen LogP contribution in [0.5, 0.6) is 0 Å². The van der Waals surface area contributed by atoms with Gasteiger partial charge in [0.1, 0.15) is 11.0 Å². The van der Waals surface area contributed by atoms with Crippen molar-refractivity contribution in [1.29, 1.82) is 0 Å². The Hall–Kier alpha value is -1.63. The molecule has 1 aromatic carbocycles. The van der Waals surface area contributed by atoms with Crippen molar-refractivity contribution in [3.8, 4) is 0 Å². The largest absolute Gasteiger partial charge is 0.467 e. The second kappa shape index (κ2) is 6.24. The molecular weight excluding hydrogens is 315 g/mol. The highest BCUT2D eigenvalue weighted by Gasteiger charge is 2.38. The van der Waals surface area contributed by atoms with Crippen LogP contribution in [-0.2, 0) is 22.1 Å². The molecule has 2 rings (SSSR count). The number of esters is 1. The van der Waals surface area contributed by atoms with Gasteiger partial charge in [-0.3, -0.25) is 0 Å². The highest BCUT2D eigenvalue weighted by Crippen LogP contribution is 2.34. The topological polar surface area (TPSA) is 29.5 Å². The first-order valence-corrected chi connectivity index (χ1v) is 7.29. The molecule has 1 fully saturated rings. The first kappa shape index (κ1) is 16.7. The fourth-order valence-electron chi connectivity index (χ4n) is 2.46. The number of methoxy groups -OCH3 is 1. The number of ether oxygens (including phenoxy) is 1. The number of carbonyl (C=O) groups is 1. The molecule has 7 heteroatoms. The zero-order valence-corrected chi connectivity index (χ0v) is 13.1. The molecule has 1 unspecified atom stereocenters. The Morgan fingerprint density at radius 2 is 2.14 bits per heavy atom. The van der Waals surface area contributed by atoms with Gasteiger partial charge in [-0.1, -0.05) is 31.3 Å². The van der Waals surface area contributed by atoms with E-state index in [1.807, 2.05) is 0 Å². The van der Waals surface area contributed by atoms with Gasteiger partial charge in [0.25, 0.3) is 0 Å². The molecule has 1 aliphatic heterocycles. The van der Waals surface area contributed by atoms with Crippen molar-refractivity contribution >= 4 is 23.2 Å². The second-order valence-corrected chi connectivity index (χ2v) is 5.44. The number of rotatable bonds is 3. The minimum Gasteiger partial charge on any atom is -0.467 e. The van der Waals surface area contributed by atoms with Crippen LogP contribution in [0, 0.1) is 0 Å². The monoisotopic (exact) mass is 331 g/mol. The van der Waals surface area contributed by atoms with E-state index in [4.69, 9.17) is 12.2 Å². The molecule has 1 aromatic rings. The number of hydrogen-bond acceptors (Lipinski definition) is 3. The Kier molecular flexibility index (Phi) is 4.75. The predicted molar refractivity (Wildman–Crippen MR) is 79.6 cm³/mol. The van der Waals surface area contributed by atoms with E-state index in [1.165, 1.54) is 13.2 Å². The van der Waals surface area contributed by atoms with Gasteiger partial charge in [-0.15, -0.1) is 0 Å². The molecule has 1 heterocycles. The van der Waals surface area contributed by atoms with Gasteiger partial charge in [0, 0.05) is 12.1 Å². The van der Waals surface area contributed by atoms with E-state index in [2.05, 4.69) is 4.74 Å². The Morgan fingerprint density at radius 1 is 1.45 bits per heavy atom. The maximum Gasteiger partial charge on any atom is 0.416 e. The fourth-order valence-corrected chi connectivity index (χ4v) is 2.80. The average Bonchev–Trinajstić information content (AvgIpc) is 2.44. The lowest BCUT2D eigenvalue weighted by Crippen LogP contribution is -2.55. The Morgan fingerprint density at radius 3 is 2.59 bits per heavy atom. The van der Waals surface area contributed by atoms with Gasteiger partial charge in [-0.05, 0) is 24.5 Å². The standard InChI is InChI=1S/C15H16F3NO2S/c1-3-9-4-5-10(8-11(9)15(16,17)18)13(22)19-7-6-12(19)14(20)21-2/h4-5,8,12H,3,6-7H2,1-2H3. The first-order valence-electron chi connectivity index (χ1n) is 6.88. The number of nitrogens with zero attached hydrogens (tertiary/aromatic N) is 1. The van der Waals surface area contributed by atoms with Crippen molar-refractivity contribution in [2.75, 3.05) is 13.7 Å². The van der Waals surface area contributed by atoms with Gasteiger partial charge in [0.2, 0.25) is 0 Å². The van der Waals surface area contributed by atoms with E-state index >= 15 is 0 Å². The summed E-state index contributed by atoms with van der Waals surface area (Å²) in [7, 11) is 1.28. The van der Waals surface area contributed by atoms with E-state index in [1.54, 1.807) is 17.9 Å². The van der Waals surface area contributed by atoms with Crippen molar-refractivity contribution in [1.82, 2.24) is 4.90 Å². The Labute approximate surface area is 132 Å². The van der Waals surface area contributed by atoms with Gasteiger partial charge in [0.05, 0.1) is 12.7 Å². The molecule has 22 heavy (non-hydrogen) atoms. The van der Waals surface area contributed by atoms with Gasteiger partial charge in [-0.25, -0.2) is 4.79 Å². The summed E-state index contributed by atoms with van der Waals surface area (Å²) in [4.78, 5) is 13.4. The predicted octanol–water partition coefficient (Wildman–Crippen LogP) is 3.19. The lowest BCUT2D eigenvalue weighted by Gasteiger charge is -2.40.